The molecular weight excluding hydrogens is 298 g/mol. The minimum Gasteiger partial charge on any atom is -0.335 e. The summed E-state index contributed by atoms with van der Waals surface area (Å²) in [6, 6.07) is 8.24. The molecule has 0 aromatic heterocycles. The van der Waals surface area contributed by atoms with Gasteiger partial charge in [-0.2, -0.15) is 0 Å². The van der Waals surface area contributed by atoms with Crippen molar-refractivity contribution in [1.29, 1.82) is 0 Å². The van der Waals surface area contributed by atoms with Gasteiger partial charge in [0, 0.05) is 28.4 Å². The first kappa shape index (κ1) is 13.0. The Labute approximate surface area is 115 Å². The summed E-state index contributed by atoms with van der Waals surface area (Å²) in [5.41, 5.74) is 0.802. The first-order valence-electron chi connectivity index (χ1n) is 5.77. The molecule has 2 nitrogen and oxygen atoms in total. The van der Waals surface area contributed by atoms with Crippen molar-refractivity contribution in [1.82, 2.24) is 4.90 Å². The number of likely N-dealkylation sites (tertiary alicyclic amines) is 1. The van der Waals surface area contributed by atoms with Crippen LogP contribution in [-0.4, -0.2) is 35.0 Å². The molecular formula is C13H16BrNOS. The van der Waals surface area contributed by atoms with E-state index in [9.17, 15) is 4.79 Å². The summed E-state index contributed by atoms with van der Waals surface area (Å²) in [6.07, 6.45) is 4.27. The molecule has 4 heteroatoms. The lowest BCUT2D eigenvalue weighted by Gasteiger charge is -2.23. The molecule has 0 N–H and O–H groups in total. The van der Waals surface area contributed by atoms with Crippen LogP contribution in [0.5, 0.6) is 0 Å². The predicted molar refractivity (Wildman–Crippen MR) is 76.1 cm³/mol. The molecule has 1 aromatic carbocycles. The highest BCUT2D eigenvalue weighted by Crippen LogP contribution is 2.22. The number of hydrogen-bond acceptors (Lipinski definition) is 2. The van der Waals surface area contributed by atoms with Crippen LogP contribution in [0.1, 0.15) is 23.2 Å². The molecule has 0 saturated carbocycles. The third kappa shape index (κ3) is 2.86. The molecule has 1 aliphatic rings. The fourth-order valence-corrected chi connectivity index (χ4v) is 3.24. The number of rotatable bonds is 3. The van der Waals surface area contributed by atoms with Crippen molar-refractivity contribution < 1.29 is 4.79 Å². The second kappa shape index (κ2) is 5.91. The van der Waals surface area contributed by atoms with E-state index in [-0.39, 0.29) is 5.91 Å². The van der Waals surface area contributed by atoms with E-state index in [2.05, 4.69) is 15.9 Å². The van der Waals surface area contributed by atoms with E-state index in [4.69, 9.17) is 0 Å². The number of thioether (sulfide) groups is 1. The van der Waals surface area contributed by atoms with Gasteiger partial charge in [0.1, 0.15) is 0 Å². The van der Waals surface area contributed by atoms with Gasteiger partial charge in [-0.05, 0) is 43.4 Å². The molecule has 0 spiro atoms. The van der Waals surface area contributed by atoms with Gasteiger partial charge in [0.2, 0.25) is 0 Å². The molecule has 1 atom stereocenters. The second-order valence-electron chi connectivity index (χ2n) is 4.18. The van der Waals surface area contributed by atoms with Crippen molar-refractivity contribution in [2.45, 2.75) is 23.8 Å². The quantitative estimate of drug-likeness (QED) is 0.629. The van der Waals surface area contributed by atoms with Gasteiger partial charge in [-0.3, -0.25) is 4.79 Å². The van der Waals surface area contributed by atoms with Gasteiger partial charge in [-0.15, -0.1) is 11.8 Å². The van der Waals surface area contributed by atoms with Crippen molar-refractivity contribution >= 4 is 33.6 Å². The SMILES string of the molecule is CSc1ccc(C(=O)N2CCCC2CBr)cc1. The topological polar surface area (TPSA) is 20.3 Å². The predicted octanol–water partition coefficient (Wildman–Crippen LogP) is 3.41. The van der Waals surface area contributed by atoms with Crippen molar-refractivity contribution in [3.05, 3.63) is 29.8 Å². The summed E-state index contributed by atoms with van der Waals surface area (Å²) in [5, 5.41) is 0.877. The highest BCUT2D eigenvalue weighted by atomic mass is 79.9. The van der Waals surface area contributed by atoms with Crippen LogP contribution in [0, 0.1) is 0 Å². The Kier molecular flexibility index (Phi) is 4.51. The number of nitrogens with zero attached hydrogens (tertiary/aromatic N) is 1. The Morgan fingerprint density at radius 1 is 1.47 bits per heavy atom. The van der Waals surface area contributed by atoms with E-state index in [1.807, 2.05) is 35.4 Å². The minimum absolute atomic E-state index is 0.166. The Morgan fingerprint density at radius 2 is 2.18 bits per heavy atom. The molecule has 1 heterocycles. The highest BCUT2D eigenvalue weighted by Gasteiger charge is 2.28. The highest BCUT2D eigenvalue weighted by molar-refractivity contribution is 9.09. The van der Waals surface area contributed by atoms with Crippen LogP contribution < -0.4 is 0 Å². The van der Waals surface area contributed by atoms with Crippen molar-refractivity contribution in [3.63, 3.8) is 0 Å². The van der Waals surface area contributed by atoms with Gasteiger partial charge in [0.05, 0.1) is 0 Å². The fourth-order valence-electron chi connectivity index (χ4n) is 2.16. The van der Waals surface area contributed by atoms with E-state index >= 15 is 0 Å². The summed E-state index contributed by atoms with van der Waals surface area (Å²) >= 11 is 5.18. The second-order valence-corrected chi connectivity index (χ2v) is 5.70. The molecule has 1 aliphatic heterocycles. The van der Waals surface area contributed by atoms with Gasteiger partial charge >= 0.3 is 0 Å². The Morgan fingerprint density at radius 3 is 2.76 bits per heavy atom. The molecule has 0 radical (unpaired) electrons. The average molecular weight is 314 g/mol. The maximum Gasteiger partial charge on any atom is 0.254 e. The molecule has 92 valence electrons. The fraction of sp³-hybridized carbons (Fsp3) is 0.462. The van der Waals surface area contributed by atoms with Crippen LogP contribution >= 0.6 is 27.7 Å². The lowest BCUT2D eigenvalue weighted by Crippen LogP contribution is -2.36. The number of hydrogen-bond donors (Lipinski definition) is 0. The van der Waals surface area contributed by atoms with Crippen molar-refractivity contribution in [2.75, 3.05) is 18.1 Å². The first-order chi connectivity index (χ1) is 8.26. The van der Waals surface area contributed by atoms with Crippen LogP contribution in [-0.2, 0) is 0 Å². The molecule has 0 bridgehead atoms. The molecule has 2 rings (SSSR count). The van der Waals surface area contributed by atoms with Crippen LogP contribution in [0.3, 0.4) is 0 Å². The van der Waals surface area contributed by atoms with Crippen LogP contribution in [0.25, 0.3) is 0 Å². The summed E-state index contributed by atoms with van der Waals surface area (Å²) in [7, 11) is 0. The lowest BCUT2D eigenvalue weighted by molar-refractivity contribution is 0.0750. The third-order valence-electron chi connectivity index (χ3n) is 3.15. The van der Waals surface area contributed by atoms with Gasteiger partial charge in [-0.25, -0.2) is 0 Å². The standard InChI is InChI=1S/C13H16BrNOS/c1-17-12-6-4-10(5-7-12)13(16)15-8-2-3-11(15)9-14/h4-7,11H,2-3,8-9H2,1H3. The summed E-state index contributed by atoms with van der Waals surface area (Å²) in [6.45, 7) is 0.888. The monoisotopic (exact) mass is 313 g/mol. The molecule has 1 amide bonds. The van der Waals surface area contributed by atoms with Gasteiger partial charge in [0.25, 0.3) is 5.91 Å². The smallest absolute Gasteiger partial charge is 0.254 e. The first-order valence-corrected chi connectivity index (χ1v) is 8.12. The Bertz CT molecular complexity index is 393. The van der Waals surface area contributed by atoms with Crippen LogP contribution in [0.4, 0.5) is 0 Å². The number of carbonyl (C=O) groups is 1. The molecule has 1 aromatic rings. The molecule has 1 unspecified atom stereocenters. The zero-order valence-electron chi connectivity index (χ0n) is 9.86. The van der Waals surface area contributed by atoms with Crippen molar-refractivity contribution in [3.8, 4) is 0 Å². The molecule has 1 saturated heterocycles. The van der Waals surface area contributed by atoms with Crippen LogP contribution in [0.15, 0.2) is 29.2 Å². The molecule has 0 aliphatic carbocycles. The summed E-state index contributed by atoms with van der Waals surface area (Å²) in [5.74, 6) is 0.166. The number of amides is 1. The number of halogens is 1. The normalized spacial score (nSPS) is 19.6. The van der Waals surface area contributed by atoms with E-state index in [0.29, 0.717) is 6.04 Å². The average Bonchev–Trinajstić information content (AvgIpc) is 2.86. The largest absolute Gasteiger partial charge is 0.335 e. The van der Waals surface area contributed by atoms with E-state index in [1.54, 1.807) is 11.8 Å². The Balaban J connectivity index is 2.13. The maximum absolute atomic E-state index is 12.3. The van der Waals surface area contributed by atoms with E-state index in [1.165, 1.54) is 4.90 Å². The van der Waals surface area contributed by atoms with E-state index < -0.39 is 0 Å². The zero-order chi connectivity index (χ0) is 12.3. The van der Waals surface area contributed by atoms with Gasteiger partial charge < -0.3 is 4.90 Å². The van der Waals surface area contributed by atoms with Gasteiger partial charge in [-0.1, -0.05) is 15.9 Å². The van der Waals surface area contributed by atoms with Crippen molar-refractivity contribution in [2.24, 2.45) is 0 Å². The Hall–Kier alpha value is -0.480. The third-order valence-corrected chi connectivity index (χ3v) is 4.64. The zero-order valence-corrected chi connectivity index (χ0v) is 12.3. The van der Waals surface area contributed by atoms with Crippen LogP contribution in [0.2, 0.25) is 0 Å². The molecule has 1 fully saturated rings. The number of benzene rings is 1. The minimum atomic E-state index is 0.166. The number of alkyl halides is 1. The maximum atomic E-state index is 12.3. The summed E-state index contributed by atoms with van der Waals surface area (Å²) < 4.78 is 0. The summed E-state index contributed by atoms with van der Waals surface area (Å²) in [4.78, 5) is 15.5. The molecule has 17 heavy (non-hydrogen) atoms. The van der Waals surface area contributed by atoms with Gasteiger partial charge in [0.15, 0.2) is 0 Å². The lowest BCUT2D eigenvalue weighted by atomic mass is 10.2. The number of carbonyl (C=O) groups excluding carboxylic acids is 1. The van der Waals surface area contributed by atoms with E-state index in [0.717, 1.165) is 30.3 Å².